The molecule has 6 heteroatoms. The molecular weight excluding hydrogens is 316 g/mol. The second kappa shape index (κ2) is 6.78. The van der Waals surface area contributed by atoms with Crippen LogP contribution >= 0.6 is 0 Å². The number of hydrogen-bond acceptors (Lipinski definition) is 3. The van der Waals surface area contributed by atoms with Crippen molar-refractivity contribution in [3.05, 3.63) is 65.2 Å². The monoisotopic (exact) mass is 331 g/mol. The number of carboxylic acid groups (broad SMARTS) is 1. The van der Waals surface area contributed by atoms with Gasteiger partial charge in [0.2, 0.25) is 0 Å². The number of carboxylic acids is 1. The predicted molar refractivity (Wildman–Crippen MR) is 84.3 cm³/mol. The molecule has 24 heavy (non-hydrogen) atoms. The van der Waals surface area contributed by atoms with E-state index in [1.165, 1.54) is 18.2 Å². The number of nitrogens with zero attached hydrogens (tertiary/aromatic N) is 1. The molecule has 2 aromatic carbocycles. The summed E-state index contributed by atoms with van der Waals surface area (Å²) in [5.74, 6) is -1.65. The Kier molecular flexibility index (Phi) is 4.55. The highest BCUT2D eigenvalue weighted by molar-refractivity contribution is 6.03. The first-order valence-corrected chi connectivity index (χ1v) is 7.50. The van der Waals surface area contributed by atoms with Gasteiger partial charge in [0, 0.05) is 22.9 Å². The molecule has 124 valence electrons. The molecule has 3 rings (SSSR count). The van der Waals surface area contributed by atoms with Crippen molar-refractivity contribution in [2.75, 3.05) is 0 Å². The fraction of sp³-hybridized carbons (Fsp3) is 0.222. The molecule has 0 spiro atoms. The lowest BCUT2D eigenvalue weighted by atomic mass is 10.1. The maximum atomic E-state index is 14.3. The van der Waals surface area contributed by atoms with Crippen LogP contribution < -0.4 is 4.74 Å². The summed E-state index contributed by atoms with van der Waals surface area (Å²) in [6.07, 6.45) is 0.791. The molecule has 0 saturated carbocycles. The van der Waals surface area contributed by atoms with Crippen LogP contribution in [-0.2, 0) is 11.4 Å². The van der Waals surface area contributed by atoms with Crippen LogP contribution in [0.5, 0.6) is 5.75 Å². The molecule has 0 radical (unpaired) electrons. The van der Waals surface area contributed by atoms with E-state index >= 15 is 0 Å². The van der Waals surface area contributed by atoms with Crippen molar-refractivity contribution in [1.82, 2.24) is 0 Å². The molecule has 0 bridgehead atoms. The zero-order chi connectivity index (χ0) is 17.1. The highest BCUT2D eigenvalue weighted by Gasteiger charge is 2.25. The molecule has 0 amide bonds. The number of hydrogen-bond donors (Lipinski definition) is 1. The standard InChI is InChI=1S/C18H15F2NO3/c19-14-4-2-1-3-11(14)10-24-12-5-6-13(15(20)9-12)16-7-8-17(21-16)18(22)23/h1-6,9,17H,7-8,10H2,(H,22,23)/t17-/m0/s1. The molecule has 4 nitrogen and oxygen atoms in total. The largest absolute Gasteiger partial charge is 0.489 e. The Morgan fingerprint density at radius 1 is 1.21 bits per heavy atom. The number of aliphatic imine (C=N–C) groups is 1. The van der Waals surface area contributed by atoms with E-state index in [4.69, 9.17) is 9.84 Å². The van der Waals surface area contributed by atoms with Gasteiger partial charge in [-0.2, -0.15) is 0 Å². The molecule has 0 unspecified atom stereocenters. The summed E-state index contributed by atoms with van der Waals surface area (Å²) in [5, 5.41) is 8.94. The van der Waals surface area contributed by atoms with Crippen LogP contribution in [0.1, 0.15) is 24.0 Å². The molecule has 1 aliphatic heterocycles. The number of benzene rings is 2. The minimum atomic E-state index is -1.00. The Morgan fingerprint density at radius 2 is 2.00 bits per heavy atom. The lowest BCUT2D eigenvalue weighted by molar-refractivity contribution is -0.138. The molecule has 0 aromatic heterocycles. The highest BCUT2D eigenvalue weighted by Crippen LogP contribution is 2.24. The molecule has 1 atom stereocenters. The van der Waals surface area contributed by atoms with Crippen LogP contribution in [0, 0.1) is 11.6 Å². The van der Waals surface area contributed by atoms with Gasteiger partial charge in [0.1, 0.15) is 30.0 Å². The van der Waals surface area contributed by atoms with E-state index < -0.39 is 17.8 Å². The molecule has 1 aliphatic rings. The van der Waals surface area contributed by atoms with Crippen LogP contribution in [0.3, 0.4) is 0 Å². The Bertz CT molecular complexity index is 805. The first-order valence-electron chi connectivity index (χ1n) is 7.50. The van der Waals surface area contributed by atoms with E-state index in [-0.39, 0.29) is 23.7 Å². The average Bonchev–Trinajstić information content (AvgIpc) is 3.04. The van der Waals surface area contributed by atoms with Crippen LogP contribution in [0.25, 0.3) is 0 Å². The topological polar surface area (TPSA) is 58.9 Å². The van der Waals surface area contributed by atoms with Crippen molar-refractivity contribution in [1.29, 1.82) is 0 Å². The molecule has 1 heterocycles. The van der Waals surface area contributed by atoms with Gasteiger partial charge < -0.3 is 9.84 Å². The first kappa shape index (κ1) is 16.1. The van der Waals surface area contributed by atoms with Crippen molar-refractivity contribution < 1.29 is 23.4 Å². The number of carbonyl (C=O) groups is 1. The number of rotatable bonds is 5. The SMILES string of the molecule is O=C(O)[C@@H]1CCC(c2ccc(OCc3ccccc3F)cc2F)=N1. The van der Waals surface area contributed by atoms with E-state index in [1.54, 1.807) is 24.3 Å². The summed E-state index contributed by atoms with van der Waals surface area (Å²) < 4.78 is 33.2. The number of halogens is 2. The smallest absolute Gasteiger partial charge is 0.328 e. The van der Waals surface area contributed by atoms with Crippen molar-refractivity contribution in [3.8, 4) is 5.75 Å². The first-order chi connectivity index (χ1) is 11.5. The van der Waals surface area contributed by atoms with Gasteiger partial charge in [0.15, 0.2) is 0 Å². The van der Waals surface area contributed by atoms with Crippen LogP contribution in [0.15, 0.2) is 47.5 Å². The Morgan fingerprint density at radius 3 is 2.67 bits per heavy atom. The van der Waals surface area contributed by atoms with Crippen molar-refractivity contribution in [2.45, 2.75) is 25.5 Å². The Labute approximate surface area is 137 Å². The van der Waals surface area contributed by atoms with Gasteiger partial charge >= 0.3 is 5.97 Å². The summed E-state index contributed by atoms with van der Waals surface area (Å²) in [5.41, 5.74) is 1.10. The van der Waals surface area contributed by atoms with Gasteiger partial charge in [-0.1, -0.05) is 18.2 Å². The molecule has 0 aliphatic carbocycles. The maximum absolute atomic E-state index is 14.3. The van der Waals surface area contributed by atoms with Gasteiger partial charge in [0.05, 0.1) is 0 Å². The Hall–Kier alpha value is -2.76. The fourth-order valence-corrected chi connectivity index (χ4v) is 2.57. The van der Waals surface area contributed by atoms with Crippen LogP contribution in [0.2, 0.25) is 0 Å². The second-order valence-corrected chi connectivity index (χ2v) is 5.49. The van der Waals surface area contributed by atoms with Crippen molar-refractivity contribution in [2.24, 2.45) is 4.99 Å². The zero-order valence-electron chi connectivity index (χ0n) is 12.7. The van der Waals surface area contributed by atoms with Crippen molar-refractivity contribution in [3.63, 3.8) is 0 Å². The number of ether oxygens (including phenoxy) is 1. The third-order valence-electron chi connectivity index (χ3n) is 3.85. The summed E-state index contributed by atoms with van der Waals surface area (Å²) >= 11 is 0. The van der Waals surface area contributed by atoms with Gasteiger partial charge in [-0.3, -0.25) is 4.99 Å². The third-order valence-corrected chi connectivity index (χ3v) is 3.85. The minimum Gasteiger partial charge on any atom is -0.489 e. The van der Waals surface area contributed by atoms with E-state index in [0.717, 1.165) is 0 Å². The van der Waals surface area contributed by atoms with Crippen LogP contribution in [0.4, 0.5) is 8.78 Å². The normalized spacial score (nSPS) is 16.8. The lowest BCUT2D eigenvalue weighted by Crippen LogP contribution is -2.13. The molecule has 0 fully saturated rings. The lowest BCUT2D eigenvalue weighted by Gasteiger charge is -2.09. The summed E-state index contributed by atoms with van der Waals surface area (Å²) in [6.45, 7) is -0.00645. The van der Waals surface area contributed by atoms with E-state index in [2.05, 4.69) is 4.99 Å². The zero-order valence-corrected chi connectivity index (χ0v) is 12.7. The average molecular weight is 331 g/mol. The van der Waals surface area contributed by atoms with Gasteiger partial charge in [-0.15, -0.1) is 0 Å². The highest BCUT2D eigenvalue weighted by atomic mass is 19.1. The van der Waals surface area contributed by atoms with Gasteiger partial charge in [-0.05, 0) is 31.0 Å². The summed E-state index contributed by atoms with van der Waals surface area (Å²) in [7, 11) is 0. The second-order valence-electron chi connectivity index (χ2n) is 5.49. The maximum Gasteiger partial charge on any atom is 0.328 e. The van der Waals surface area contributed by atoms with Gasteiger partial charge in [0.25, 0.3) is 0 Å². The minimum absolute atomic E-state index is 0.00645. The molecule has 1 N–H and O–H groups in total. The van der Waals surface area contributed by atoms with Gasteiger partial charge in [-0.25, -0.2) is 13.6 Å². The molecular formula is C18H15F2NO3. The summed E-state index contributed by atoms with van der Waals surface area (Å²) in [6, 6.07) is 9.68. The van der Waals surface area contributed by atoms with Crippen molar-refractivity contribution >= 4 is 11.7 Å². The molecule has 2 aromatic rings. The Balaban J connectivity index is 1.72. The van der Waals surface area contributed by atoms with E-state index in [0.29, 0.717) is 24.1 Å². The predicted octanol–water partition coefficient (Wildman–Crippen LogP) is 3.58. The molecule has 0 saturated heterocycles. The van der Waals surface area contributed by atoms with Crippen LogP contribution in [-0.4, -0.2) is 22.8 Å². The quantitative estimate of drug-likeness (QED) is 0.911. The van der Waals surface area contributed by atoms with E-state index in [9.17, 15) is 13.6 Å². The summed E-state index contributed by atoms with van der Waals surface area (Å²) in [4.78, 5) is 15.0. The fourth-order valence-electron chi connectivity index (χ4n) is 2.57. The van der Waals surface area contributed by atoms with E-state index in [1.807, 2.05) is 0 Å². The third kappa shape index (κ3) is 3.42. The number of aliphatic carboxylic acids is 1.